The number of benzene rings is 1. The third-order valence-electron chi connectivity index (χ3n) is 5.53. The number of hydrogen-bond donors (Lipinski definition) is 0. The number of hydrogen-bond acceptors (Lipinski definition) is 3. The van der Waals surface area contributed by atoms with Crippen LogP contribution in [0, 0.1) is 11.8 Å². The summed E-state index contributed by atoms with van der Waals surface area (Å²) >= 11 is 0. The van der Waals surface area contributed by atoms with E-state index in [4.69, 9.17) is 0 Å². The van der Waals surface area contributed by atoms with E-state index in [1.165, 1.54) is 0 Å². The molecule has 0 N–H and O–H groups in total. The van der Waals surface area contributed by atoms with Gasteiger partial charge < -0.3 is 9.47 Å². The molecule has 1 aliphatic heterocycles. The first-order chi connectivity index (χ1) is 11.4. The van der Waals surface area contributed by atoms with Crippen molar-refractivity contribution in [2.24, 2.45) is 18.9 Å². The summed E-state index contributed by atoms with van der Waals surface area (Å²) in [7, 11) is 6.20. The maximum absolute atomic E-state index is 12.7. The monoisotopic (exact) mass is 327 g/mol. The molecule has 0 amide bonds. The summed E-state index contributed by atoms with van der Waals surface area (Å²) in [6, 6.07) is 10.7. The third-order valence-corrected chi connectivity index (χ3v) is 5.53. The van der Waals surface area contributed by atoms with Crippen molar-refractivity contribution in [3.05, 3.63) is 46.2 Å². The number of aromatic nitrogens is 1. The molecule has 0 spiro atoms. The lowest BCUT2D eigenvalue weighted by Gasteiger charge is -2.27. The molecule has 2 unspecified atom stereocenters. The van der Waals surface area contributed by atoms with Gasteiger partial charge in [0.2, 0.25) is 0 Å². The van der Waals surface area contributed by atoms with Gasteiger partial charge in [-0.2, -0.15) is 0 Å². The molecule has 0 bridgehead atoms. The van der Waals surface area contributed by atoms with Gasteiger partial charge in [-0.15, -0.1) is 0 Å². The van der Waals surface area contributed by atoms with E-state index in [2.05, 4.69) is 49.9 Å². The highest BCUT2D eigenvalue weighted by molar-refractivity contribution is 5.79. The van der Waals surface area contributed by atoms with Gasteiger partial charge in [0, 0.05) is 38.3 Å². The molecule has 2 heterocycles. The van der Waals surface area contributed by atoms with Crippen molar-refractivity contribution in [1.29, 1.82) is 0 Å². The van der Waals surface area contributed by atoms with E-state index in [-0.39, 0.29) is 5.56 Å². The Bertz CT molecular complexity index is 762. The molecule has 0 radical (unpaired) electrons. The van der Waals surface area contributed by atoms with Crippen LogP contribution in [-0.4, -0.2) is 47.6 Å². The van der Waals surface area contributed by atoms with E-state index in [1.807, 2.05) is 25.2 Å². The van der Waals surface area contributed by atoms with Crippen molar-refractivity contribution in [1.82, 2.24) is 14.4 Å². The molecule has 0 saturated carbocycles. The van der Waals surface area contributed by atoms with Crippen molar-refractivity contribution in [3.63, 3.8) is 0 Å². The average molecular weight is 327 g/mol. The van der Waals surface area contributed by atoms with Crippen LogP contribution in [0.2, 0.25) is 0 Å². The number of nitrogens with zero attached hydrogens (tertiary/aromatic N) is 3. The van der Waals surface area contributed by atoms with Gasteiger partial charge in [-0.05, 0) is 43.5 Å². The van der Waals surface area contributed by atoms with Crippen molar-refractivity contribution >= 4 is 10.9 Å². The van der Waals surface area contributed by atoms with E-state index in [0.29, 0.717) is 17.9 Å². The standard InChI is InChI=1S/C20H29N3O/c1-14(2)17-12-23(13-19(17)21(3)4)11-16-10-15-8-6-7-9-18(15)22(5)20(16)24/h6-10,14,17,19H,11-13H2,1-5H3. The molecule has 130 valence electrons. The summed E-state index contributed by atoms with van der Waals surface area (Å²) in [5.74, 6) is 1.31. The summed E-state index contributed by atoms with van der Waals surface area (Å²) in [5.41, 5.74) is 2.03. The van der Waals surface area contributed by atoms with E-state index in [9.17, 15) is 4.79 Å². The van der Waals surface area contributed by atoms with Crippen LogP contribution >= 0.6 is 0 Å². The summed E-state index contributed by atoms with van der Waals surface area (Å²) in [5, 5.41) is 1.14. The number of para-hydroxylation sites is 1. The molecular weight excluding hydrogens is 298 g/mol. The summed E-state index contributed by atoms with van der Waals surface area (Å²) in [6.07, 6.45) is 0. The van der Waals surface area contributed by atoms with Crippen LogP contribution in [0.3, 0.4) is 0 Å². The Labute approximate surface area is 144 Å². The molecule has 0 aliphatic carbocycles. The van der Waals surface area contributed by atoms with Crippen molar-refractivity contribution < 1.29 is 0 Å². The van der Waals surface area contributed by atoms with Gasteiger partial charge in [-0.3, -0.25) is 9.69 Å². The molecule has 1 fully saturated rings. The Morgan fingerprint density at radius 3 is 2.54 bits per heavy atom. The topological polar surface area (TPSA) is 28.5 Å². The second kappa shape index (κ2) is 6.69. The summed E-state index contributed by atoms with van der Waals surface area (Å²) in [6.45, 7) is 7.45. The van der Waals surface area contributed by atoms with Gasteiger partial charge in [0.25, 0.3) is 5.56 Å². The molecule has 4 nitrogen and oxygen atoms in total. The minimum Gasteiger partial charge on any atom is -0.311 e. The molecule has 4 heteroatoms. The number of fused-ring (bicyclic) bond motifs is 1. The van der Waals surface area contributed by atoms with Crippen LogP contribution in [-0.2, 0) is 13.6 Å². The van der Waals surface area contributed by atoms with Gasteiger partial charge in [-0.25, -0.2) is 0 Å². The zero-order chi connectivity index (χ0) is 17.4. The molecule has 24 heavy (non-hydrogen) atoms. The van der Waals surface area contributed by atoms with Gasteiger partial charge in [0.15, 0.2) is 0 Å². The van der Waals surface area contributed by atoms with Crippen molar-refractivity contribution in [2.45, 2.75) is 26.4 Å². The quantitative estimate of drug-likeness (QED) is 0.864. The predicted octanol–water partition coefficient (Wildman–Crippen LogP) is 2.56. The van der Waals surface area contributed by atoms with Gasteiger partial charge in [-0.1, -0.05) is 32.0 Å². The van der Waals surface area contributed by atoms with E-state index < -0.39 is 0 Å². The van der Waals surface area contributed by atoms with Crippen LogP contribution in [0.25, 0.3) is 10.9 Å². The van der Waals surface area contributed by atoms with E-state index >= 15 is 0 Å². The minimum absolute atomic E-state index is 0.128. The lowest BCUT2D eigenvalue weighted by molar-refractivity contribution is 0.215. The van der Waals surface area contributed by atoms with Crippen LogP contribution in [0.4, 0.5) is 0 Å². The Morgan fingerprint density at radius 1 is 1.21 bits per heavy atom. The molecule has 2 aromatic rings. The van der Waals surface area contributed by atoms with E-state index in [1.54, 1.807) is 4.57 Å². The van der Waals surface area contributed by atoms with Crippen molar-refractivity contribution in [3.8, 4) is 0 Å². The molecule has 3 rings (SSSR count). The lowest BCUT2D eigenvalue weighted by Crippen LogP contribution is -2.37. The van der Waals surface area contributed by atoms with Crippen molar-refractivity contribution in [2.75, 3.05) is 27.2 Å². The highest BCUT2D eigenvalue weighted by atomic mass is 16.1. The fraction of sp³-hybridized carbons (Fsp3) is 0.550. The Morgan fingerprint density at radius 2 is 1.92 bits per heavy atom. The molecular formula is C20H29N3O. The van der Waals surface area contributed by atoms with Crippen LogP contribution < -0.4 is 5.56 Å². The number of likely N-dealkylation sites (tertiary alicyclic amines) is 1. The van der Waals surface area contributed by atoms with Crippen LogP contribution in [0.5, 0.6) is 0 Å². The number of rotatable bonds is 4. The summed E-state index contributed by atoms with van der Waals surface area (Å²) < 4.78 is 1.78. The SMILES string of the molecule is CC(C)C1CN(Cc2cc3ccccc3n(C)c2=O)CC1N(C)C. The van der Waals surface area contributed by atoms with Crippen LogP contribution in [0.15, 0.2) is 35.1 Å². The number of pyridine rings is 1. The zero-order valence-electron chi connectivity index (χ0n) is 15.5. The first-order valence-electron chi connectivity index (χ1n) is 8.85. The van der Waals surface area contributed by atoms with Gasteiger partial charge >= 0.3 is 0 Å². The molecule has 1 aromatic carbocycles. The maximum atomic E-state index is 12.7. The fourth-order valence-electron chi connectivity index (χ4n) is 4.07. The third kappa shape index (κ3) is 3.13. The second-order valence-electron chi connectivity index (χ2n) is 7.73. The molecule has 1 aromatic heterocycles. The normalized spacial score (nSPS) is 22.1. The molecule has 2 atom stereocenters. The van der Waals surface area contributed by atoms with Gasteiger partial charge in [0.1, 0.15) is 0 Å². The first kappa shape index (κ1) is 17.2. The average Bonchev–Trinajstić information content (AvgIpc) is 2.97. The lowest BCUT2D eigenvalue weighted by atomic mass is 9.91. The number of aryl methyl sites for hydroxylation is 1. The number of likely N-dealkylation sites (N-methyl/N-ethyl adjacent to an activating group) is 1. The Kier molecular flexibility index (Phi) is 4.79. The first-order valence-corrected chi connectivity index (χ1v) is 8.85. The smallest absolute Gasteiger partial charge is 0.255 e. The minimum atomic E-state index is 0.128. The molecule has 1 saturated heterocycles. The Hall–Kier alpha value is -1.65. The largest absolute Gasteiger partial charge is 0.311 e. The van der Waals surface area contributed by atoms with Crippen LogP contribution in [0.1, 0.15) is 19.4 Å². The highest BCUT2D eigenvalue weighted by Gasteiger charge is 2.35. The zero-order valence-corrected chi connectivity index (χ0v) is 15.5. The van der Waals surface area contributed by atoms with Gasteiger partial charge in [0.05, 0.1) is 5.52 Å². The fourth-order valence-corrected chi connectivity index (χ4v) is 4.07. The summed E-state index contributed by atoms with van der Waals surface area (Å²) in [4.78, 5) is 17.5. The highest BCUT2D eigenvalue weighted by Crippen LogP contribution is 2.28. The second-order valence-corrected chi connectivity index (χ2v) is 7.73. The Balaban J connectivity index is 1.88. The predicted molar refractivity (Wildman–Crippen MR) is 100 cm³/mol. The maximum Gasteiger partial charge on any atom is 0.255 e. The van der Waals surface area contributed by atoms with E-state index in [0.717, 1.165) is 36.1 Å². The molecule has 1 aliphatic rings.